The number of aryl methyl sites for hydroxylation is 2. The molecule has 76 heavy (non-hydrogen) atoms. The maximum Gasteiger partial charge on any atom is 3.00 e. The first kappa shape index (κ1) is 49.2. The van der Waals surface area contributed by atoms with Gasteiger partial charge in [0.1, 0.15) is 5.82 Å². The van der Waals surface area contributed by atoms with E-state index >= 15 is 4.39 Å². The van der Waals surface area contributed by atoms with Crippen LogP contribution in [-0.2, 0) is 20.1 Å². The molecular formula is C71H47FIrN3. The Bertz CT molecular complexity index is 4000. The van der Waals surface area contributed by atoms with Gasteiger partial charge in [0, 0.05) is 24.2 Å². The molecule has 362 valence electrons. The Labute approximate surface area is 457 Å². The SMILES string of the molecule is Cc1ccc(-c2[c-]cc(-c3ccccc3-c3cc(-c4ccccc4-c4c[c-]c(-c5cc(C)ccn5)cc4)cc(-c4ccccc4-c4c[c-]c(-c5cc(-c6ccc(-c7ccccc7)cc6F)ccn5)cc4)c3)cc2)nc1.[Ir+3]. The Morgan fingerprint density at radius 1 is 0.303 bits per heavy atom. The Morgan fingerprint density at radius 3 is 1.20 bits per heavy atom. The summed E-state index contributed by atoms with van der Waals surface area (Å²) >= 11 is 0. The quantitative estimate of drug-likeness (QED) is 0.121. The third-order valence-corrected chi connectivity index (χ3v) is 13.8. The Balaban J connectivity index is 0.00000616. The molecule has 0 aliphatic carbocycles. The van der Waals surface area contributed by atoms with E-state index in [0.717, 1.165) is 123 Å². The molecule has 0 amide bonds. The normalized spacial score (nSPS) is 11.0. The van der Waals surface area contributed by atoms with E-state index in [1.807, 2.05) is 92.1 Å². The van der Waals surface area contributed by atoms with Crippen LogP contribution in [0.3, 0.4) is 0 Å². The maximum atomic E-state index is 15.7. The van der Waals surface area contributed by atoms with Gasteiger partial charge in [0.15, 0.2) is 0 Å². The smallest absolute Gasteiger partial charge is 0.305 e. The zero-order valence-electron chi connectivity index (χ0n) is 41.7. The predicted octanol–water partition coefficient (Wildman–Crippen LogP) is 18.4. The van der Waals surface area contributed by atoms with Crippen molar-refractivity contribution in [2.45, 2.75) is 13.8 Å². The maximum absolute atomic E-state index is 15.7. The van der Waals surface area contributed by atoms with Gasteiger partial charge >= 0.3 is 20.1 Å². The van der Waals surface area contributed by atoms with Crippen LogP contribution < -0.4 is 0 Å². The summed E-state index contributed by atoms with van der Waals surface area (Å²) in [7, 11) is 0. The van der Waals surface area contributed by atoms with E-state index in [0.29, 0.717) is 11.3 Å². The molecule has 0 aliphatic rings. The second kappa shape index (κ2) is 21.8. The van der Waals surface area contributed by atoms with Gasteiger partial charge in [-0.15, -0.1) is 89.5 Å². The van der Waals surface area contributed by atoms with Crippen molar-refractivity contribution < 1.29 is 24.5 Å². The van der Waals surface area contributed by atoms with Gasteiger partial charge in [-0.3, -0.25) is 0 Å². The fourth-order valence-electron chi connectivity index (χ4n) is 9.92. The minimum atomic E-state index is -0.281. The molecular weight excluding hydrogens is 1110 g/mol. The van der Waals surface area contributed by atoms with Crippen molar-refractivity contribution in [2.75, 3.05) is 0 Å². The number of aromatic nitrogens is 3. The van der Waals surface area contributed by atoms with E-state index in [1.54, 1.807) is 12.3 Å². The van der Waals surface area contributed by atoms with Crippen LogP contribution in [-0.4, -0.2) is 15.0 Å². The number of rotatable bonds is 11. The van der Waals surface area contributed by atoms with Gasteiger partial charge in [-0.25, -0.2) is 4.39 Å². The molecule has 0 saturated heterocycles. The minimum absolute atomic E-state index is 0. The van der Waals surface area contributed by atoms with Crippen molar-refractivity contribution in [3.8, 4) is 123 Å². The number of halogens is 1. The second-order valence-electron chi connectivity index (χ2n) is 18.8. The van der Waals surface area contributed by atoms with E-state index in [1.165, 1.54) is 0 Å². The molecule has 3 heterocycles. The molecule has 0 N–H and O–H groups in total. The topological polar surface area (TPSA) is 38.7 Å². The van der Waals surface area contributed by atoms with Crippen molar-refractivity contribution in [3.05, 3.63) is 284 Å². The molecule has 0 radical (unpaired) electrons. The third-order valence-electron chi connectivity index (χ3n) is 13.8. The summed E-state index contributed by atoms with van der Waals surface area (Å²) in [6.07, 6.45) is 5.48. The van der Waals surface area contributed by atoms with Gasteiger partial charge in [-0.2, -0.15) is 0 Å². The molecule has 3 nitrogen and oxygen atoms in total. The summed E-state index contributed by atoms with van der Waals surface area (Å²) < 4.78 is 15.7. The minimum Gasteiger partial charge on any atom is -0.305 e. The average molecular weight is 1150 g/mol. The molecule has 12 rings (SSSR count). The van der Waals surface area contributed by atoms with E-state index in [4.69, 9.17) is 4.98 Å². The Hall–Kier alpha value is -8.99. The van der Waals surface area contributed by atoms with Crippen molar-refractivity contribution in [2.24, 2.45) is 0 Å². The Kier molecular flexibility index (Phi) is 14.2. The molecule has 3 aromatic heterocycles. The van der Waals surface area contributed by atoms with E-state index in [9.17, 15) is 0 Å². The molecule has 12 aromatic rings. The van der Waals surface area contributed by atoms with Crippen LogP contribution in [0, 0.1) is 37.9 Å². The van der Waals surface area contributed by atoms with Gasteiger partial charge in [-0.1, -0.05) is 178 Å². The zero-order valence-corrected chi connectivity index (χ0v) is 44.1. The third kappa shape index (κ3) is 10.3. The number of hydrogen-bond donors (Lipinski definition) is 0. The molecule has 0 aliphatic heterocycles. The van der Waals surface area contributed by atoms with Crippen molar-refractivity contribution in [1.29, 1.82) is 0 Å². The molecule has 0 spiro atoms. The summed E-state index contributed by atoms with van der Waals surface area (Å²) in [5.41, 5.74) is 23.5. The van der Waals surface area contributed by atoms with Crippen LogP contribution in [0.4, 0.5) is 4.39 Å². The van der Waals surface area contributed by atoms with Crippen LogP contribution >= 0.6 is 0 Å². The molecule has 0 bridgehead atoms. The molecule has 0 unspecified atom stereocenters. The number of pyridine rings is 3. The number of benzene rings is 9. The van der Waals surface area contributed by atoms with E-state index in [-0.39, 0.29) is 25.9 Å². The van der Waals surface area contributed by atoms with Gasteiger partial charge in [-0.05, 0) is 123 Å². The van der Waals surface area contributed by atoms with Gasteiger partial charge in [0.2, 0.25) is 0 Å². The van der Waals surface area contributed by atoms with Gasteiger partial charge in [0.25, 0.3) is 0 Å². The zero-order chi connectivity index (χ0) is 50.7. The molecule has 0 atom stereocenters. The summed E-state index contributed by atoms with van der Waals surface area (Å²) in [4.78, 5) is 14.0. The van der Waals surface area contributed by atoms with Gasteiger partial charge < -0.3 is 15.0 Å². The first-order valence-electron chi connectivity index (χ1n) is 25.1. The molecule has 0 saturated carbocycles. The second-order valence-corrected chi connectivity index (χ2v) is 18.8. The summed E-state index contributed by atoms with van der Waals surface area (Å²) in [5.74, 6) is -0.281. The first-order valence-corrected chi connectivity index (χ1v) is 25.1. The molecule has 9 aromatic carbocycles. The summed E-state index contributed by atoms with van der Waals surface area (Å²) in [6.45, 7) is 4.13. The fraction of sp³-hybridized carbons (Fsp3) is 0.0282. The van der Waals surface area contributed by atoms with Crippen molar-refractivity contribution in [1.82, 2.24) is 15.0 Å². The van der Waals surface area contributed by atoms with Crippen LogP contribution in [0.1, 0.15) is 11.1 Å². The standard InChI is InChI=1S/C71H47FN3.Ir/c1-47-36-38-73-70(40-47)54-29-23-51(24-30-54)62-15-7-10-18-65(62)59-41-58(64-17-9-6-14-61(64)50-21-27-53(28-22-50)69-35-20-48(2)46-75-69)42-60(43-59)66-19-11-8-16-63(66)52-25-31-55(32-26-52)71-45-57(37-39-74-71)67-34-33-56(44-68(67)72)49-12-4-3-5-13-49;/h3-27,29,31,33-46H,1-2H3;/q-3;+3. The van der Waals surface area contributed by atoms with Gasteiger partial charge in [0.05, 0.1) is 0 Å². The van der Waals surface area contributed by atoms with Crippen LogP contribution in [0.15, 0.2) is 249 Å². The summed E-state index contributed by atoms with van der Waals surface area (Å²) in [5, 5.41) is 0. The Morgan fingerprint density at radius 2 is 0.750 bits per heavy atom. The molecule has 5 heteroatoms. The van der Waals surface area contributed by atoms with Crippen LogP contribution in [0.25, 0.3) is 123 Å². The van der Waals surface area contributed by atoms with Crippen molar-refractivity contribution in [3.63, 3.8) is 0 Å². The van der Waals surface area contributed by atoms with Crippen molar-refractivity contribution >= 4 is 0 Å². The fourth-order valence-corrected chi connectivity index (χ4v) is 9.92. The van der Waals surface area contributed by atoms with Crippen LogP contribution in [0.2, 0.25) is 0 Å². The monoisotopic (exact) mass is 1150 g/mol. The average Bonchev–Trinajstić information content (AvgIpc) is 3.51. The number of nitrogens with zero attached hydrogens (tertiary/aromatic N) is 3. The molecule has 0 fully saturated rings. The van der Waals surface area contributed by atoms with E-state index in [2.05, 4.69) is 187 Å². The number of hydrogen-bond acceptors (Lipinski definition) is 3. The van der Waals surface area contributed by atoms with E-state index < -0.39 is 0 Å². The van der Waals surface area contributed by atoms with Crippen LogP contribution in [0.5, 0.6) is 0 Å². The first-order chi connectivity index (χ1) is 36.9. The largest absolute Gasteiger partial charge is 3.00 e. The predicted molar refractivity (Wildman–Crippen MR) is 306 cm³/mol. The summed E-state index contributed by atoms with van der Waals surface area (Å²) in [6, 6.07) is 89.6.